The van der Waals surface area contributed by atoms with Gasteiger partial charge < -0.3 is 10.1 Å². The van der Waals surface area contributed by atoms with Crippen molar-refractivity contribution < 1.29 is 17.9 Å². The zero-order valence-electron chi connectivity index (χ0n) is 11.7. The Morgan fingerprint density at radius 2 is 1.82 bits per heavy atom. The second-order valence-corrected chi connectivity index (χ2v) is 5.12. The summed E-state index contributed by atoms with van der Waals surface area (Å²) in [6, 6.07) is 6.78. The number of pyridine rings is 1. The number of hydrogen-bond donors (Lipinski definition) is 1. The summed E-state index contributed by atoms with van der Waals surface area (Å²) < 4.78 is 43.7. The van der Waals surface area contributed by atoms with Gasteiger partial charge in [0, 0.05) is 11.5 Å². The van der Waals surface area contributed by atoms with Crippen LogP contribution in [0.2, 0.25) is 0 Å². The normalized spacial score (nSPS) is 16.3. The van der Waals surface area contributed by atoms with Crippen LogP contribution in [-0.2, 0) is 6.18 Å². The van der Waals surface area contributed by atoms with Crippen LogP contribution in [0.1, 0.15) is 18.4 Å². The van der Waals surface area contributed by atoms with E-state index in [-0.39, 0.29) is 18.5 Å². The van der Waals surface area contributed by atoms with Crippen molar-refractivity contribution in [2.24, 2.45) is 0 Å². The lowest BCUT2D eigenvalue weighted by atomic mass is 10.1. The van der Waals surface area contributed by atoms with Crippen molar-refractivity contribution in [3.05, 3.63) is 35.9 Å². The minimum atomic E-state index is -4.33. The van der Waals surface area contributed by atoms with Gasteiger partial charge in [0.1, 0.15) is 6.10 Å². The van der Waals surface area contributed by atoms with Crippen molar-refractivity contribution in [3.63, 3.8) is 0 Å². The first-order valence-corrected chi connectivity index (χ1v) is 6.88. The van der Waals surface area contributed by atoms with E-state index in [4.69, 9.17) is 4.74 Å². The number of piperidine rings is 1. The van der Waals surface area contributed by atoms with E-state index in [1.165, 1.54) is 6.07 Å². The molecule has 0 spiro atoms. The summed E-state index contributed by atoms with van der Waals surface area (Å²) in [7, 11) is 0. The van der Waals surface area contributed by atoms with E-state index in [9.17, 15) is 13.2 Å². The van der Waals surface area contributed by atoms with Crippen LogP contribution in [-0.4, -0.2) is 24.2 Å². The molecule has 22 heavy (non-hydrogen) atoms. The van der Waals surface area contributed by atoms with Gasteiger partial charge in [0.15, 0.2) is 0 Å². The maximum atomic E-state index is 12.7. The molecule has 3 nitrogen and oxygen atoms in total. The Hall–Kier alpha value is -1.53. The molecule has 0 unspecified atom stereocenters. The number of hydrogen-bond acceptors (Lipinski definition) is 3. The van der Waals surface area contributed by atoms with Crippen LogP contribution in [0.3, 0.4) is 0 Å². The Balaban J connectivity index is 0.00000176. The maximum Gasteiger partial charge on any atom is 0.416 e. The average Bonchev–Trinajstić information content (AvgIpc) is 2.47. The van der Waals surface area contributed by atoms with Gasteiger partial charge in [-0.25, -0.2) is 4.98 Å². The quantitative estimate of drug-likeness (QED) is 0.908. The van der Waals surface area contributed by atoms with Crippen molar-refractivity contribution in [1.29, 1.82) is 0 Å². The number of ether oxygens (including phenoxy) is 1. The monoisotopic (exact) mass is 332 g/mol. The number of rotatable bonds is 2. The first-order chi connectivity index (χ1) is 10.0. The summed E-state index contributed by atoms with van der Waals surface area (Å²) in [6.07, 6.45) is -2.40. The average molecular weight is 333 g/mol. The molecular weight excluding hydrogens is 317 g/mol. The predicted octanol–water partition coefficient (Wildman–Crippen LogP) is 3.81. The summed E-state index contributed by atoms with van der Waals surface area (Å²) >= 11 is 0. The van der Waals surface area contributed by atoms with Crippen LogP contribution in [0.15, 0.2) is 30.3 Å². The van der Waals surface area contributed by atoms with Gasteiger partial charge in [0.25, 0.3) is 0 Å². The number of fused-ring (bicyclic) bond motifs is 1. The van der Waals surface area contributed by atoms with E-state index in [0.717, 1.165) is 38.1 Å². The molecule has 1 N–H and O–H groups in total. The number of nitrogens with one attached hydrogen (secondary N) is 1. The first-order valence-electron chi connectivity index (χ1n) is 6.88. The molecule has 2 heterocycles. The third kappa shape index (κ3) is 3.81. The van der Waals surface area contributed by atoms with Gasteiger partial charge >= 0.3 is 6.18 Å². The van der Waals surface area contributed by atoms with Crippen LogP contribution < -0.4 is 10.1 Å². The van der Waals surface area contributed by atoms with E-state index in [2.05, 4.69) is 10.3 Å². The molecule has 0 atom stereocenters. The summed E-state index contributed by atoms with van der Waals surface area (Å²) in [5, 5.41) is 3.70. The highest BCUT2D eigenvalue weighted by atomic mass is 35.5. The molecule has 1 aliphatic heterocycles. The van der Waals surface area contributed by atoms with Crippen molar-refractivity contribution >= 4 is 23.3 Å². The van der Waals surface area contributed by atoms with Gasteiger partial charge in [0.05, 0.1) is 11.1 Å². The number of benzene rings is 1. The Morgan fingerprint density at radius 1 is 1.09 bits per heavy atom. The summed E-state index contributed by atoms with van der Waals surface area (Å²) in [4.78, 5) is 4.28. The van der Waals surface area contributed by atoms with Crippen molar-refractivity contribution in [2.75, 3.05) is 13.1 Å². The molecule has 2 aromatic rings. The minimum absolute atomic E-state index is 0. The summed E-state index contributed by atoms with van der Waals surface area (Å²) in [5.74, 6) is 0.467. The lowest BCUT2D eigenvalue weighted by Gasteiger charge is -2.23. The molecule has 1 aliphatic rings. The lowest BCUT2D eigenvalue weighted by molar-refractivity contribution is -0.137. The van der Waals surface area contributed by atoms with Crippen LogP contribution in [0.5, 0.6) is 5.88 Å². The van der Waals surface area contributed by atoms with Gasteiger partial charge in [-0.15, -0.1) is 12.4 Å². The van der Waals surface area contributed by atoms with E-state index in [0.29, 0.717) is 16.8 Å². The lowest BCUT2D eigenvalue weighted by Crippen LogP contribution is -2.34. The summed E-state index contributed by atoms with van der Waals surface area (Å²) in [6.45, 7) is 1.82. The highest BCUT2D eigenvalue weighted by Crippen LogP contribution is 2.31. The second kappa shape index (κ2) is 6.71. The Labute approximate surface area is 132 Å². The van der Waals surface area contributed by atoms with Crippen molar-refractivity contribution in [1.82, 2.24) is 10.3 Å². The fraction of sp³-hybridized carbons (Fsp3) is 0.400. The van der Waals surface area contributed by atoms with E-state index < -0.39 is 11.7 Å². The zero-order valence-corrected chi connectivity index (χ0v) is 12.5. The van der Waals surface area contributed by atoms with E-state index in [1.54, 1.807) is 12.1 Å². The van der Waals surface area contributed by atoms with Gasteiger partial charge in [-0.2, -0.15) is 13.2 Å². The largest absolute Gasteiger partial charge is 0.474 e. The molecule has 0 saturated carbocycles. The fourth-order valence-electron chi connectivity index (χ4n) is 2.43. The van der Waals surface area contributed by atoms with E-state index in [1.807, 2.05) is 0 Å². The number of alkyl halides is 3. The molecule has 0 amide bonds. The predicted molar refractivity (Wildman–Crippen MR) is 80.5 cm³/mol. The highest BCUT2D eigenvalue weighted by molar-refractivity contribution is 5.85. The van der Waals surface area contributed by atoms with Gasteiger partial charge in [0.2, 0.25) is 5.88 Å². The Kier molecular flexibility index (Phi) is 5.13. The van der Waals surface area contributed by atoms with Crippen molar-refractivity contribution in [3.8, 4) is 5.88 Å². The molecule has 1 fully saturated rings. The Bertz CT molecular complexity index is 642. The topological polar surface area (TPSA) is 34.1 Å². The van der Waals surface area contributed by atoms with Crippen LogP contribution in [0.4, 0.5) is 13.2 Å². The van der Waals surface area contributed by atoms with Crippen LogP contribution in [0.25, 0.3) is 10.9 Å². The third-order valence-corrected chi connectivity index (χ3v) is 3.56. The molecule has 3 rings (SSSR count). The SMILES string of the molecule is Cl.FC(F)(F)c1ccc2nc(OC3CCNCC3)ccc2c1. The van der Waals surface area contributed by atoms with Crippen molar-refractivity contribution in [2.45, 2.75) is 25.1 Å². The molecule has 1 aromatic carbocycles. The van der Waals surface area contributed by atoms with Crippen LogP contribution >= 0.6 is 12.4 Å². The molecular formula is C15H16ClF3N2O. The molecule has 0 radical (unpaired) electrons. The third-order valence-electron chi connectivity index (χ3n) is 3.56. The maximum absolute atomic E-state index is 12.7. The van der Waals surface area contributed by atoms with Gasteiger partial charge in [-0.05, 0) is 50.2 Å². The van der Waals surface area contributed by atoms with Crippen LogP contribution in [0, 0.1) is 0 Å². The Morgan fingerprint density at radius 3 is 2.50 bits per heavy atom. The standard InChI is InChI=1S/C15H15F3N2O.ClH/c16-15(17,18)11-2-3-13-10(9-11)1-4-14(20-13)21-12-5-7-19-8-6-12;/h1-4,9,12,19H,5-8H2;1H. The zero-order chi connectivity index (χ0) is 14.9. The second-order valence-electron chi connectivity index (χ2n) is 5.12. The molecule has 0 bridgehead atoms. The number of nitrogens with zero attached hydrogens (tertiary/aromatic N) is 1. The molecule has 1 saturated heterocycles. The first kappa shape index (κ1) is 16.8. The van der Waals surface area contributed by atoms with Gasteiger partial charge in [-0.1, -0.05) is 0 Å². The van der Waals surface area contributed by atoms with Gasteiger partial charge in [-0.3, -0.25) is 0 Å². The number of aromatic nitrogens is 1. The highest BCUT2D eigenvalue weighted by Gasteiger charge is 2.30. The smallest absolute Gasteiger partial charge is 0.416 e. The molecule has 1 aromatic heterocycles. The molecule has 0 aliphatic carbocycles. The fourth-order valence-corrected chi connectivity index (χ4v) is 2.43. The minimum Gasteiger partial charge on any atom is -0.474 e. The molecule has 120 valence electrons. The van der Waals surface area contributed by atoms with E-state index >= 15 is 0 Å². The number of halogens is 4. The molecule has 7 heteroatoms. The summed E-state index contributed by atoms with van der Waals surface area (Å²) in [5.41, 5.74) is -0.154.